The Balaban J connectivity index is 2.50. The lowest BCUT2D eigenvalue weighted by Crippen LogP contribution is -2.48. The van der Waals surface area contributed by atoms with Crippen molar-refractivity contribution < 1.29 is 19.3 Å². The monoisotopic (exact) mass is 311 g/mol. The summed E-state index contributed by atoms with van der Waals surface area (Å²) in [6.45, 7) is 14.2. The summed E-state index contributed by atoms with van der Waals surface area (Å²) in [5.74, 6) is 0. The van der Waals surface area contributed by atoms with E-state index in [0.717, 1.165) is 11.9 Å². The van der Waals surface area contributed by atoms with Crippen LogP contribution in [0, 0.1) is 0 Å². The molecule has 1 aliphatic heterocycles. The molecule has 1 heterocycles. The Bertz CT molecular complexity index is 432. The predicted molar refractivity (Wildman–Crippen MR) is 89.1 cm³/mol. The minimum absolute atomic E-state index is 0.281. The second-order valence-corrected chi connectivity index (χ2v) is 7.83. The van der Waals surface area contributed by atoms with Crippen molar-refractivity contribution in [2.24, 2.45) is 0 Å². The molecule has 1 amide bonds. The minimum Gasteiger partial charge on any atom is -0.444 e. The van der Waals surface area contributed by atoms with Crippen molar-refractivity contribution in [3.63, 3.8) is 0 Å². The van der Waals surface area contributed by atoms with Gasteiger partial charge in [-0.25, -0.2) is 4.79 Å². The van der Waals surface area contributed by atoms with Crippen LogP contribution in [0.3, 0.4) is 0 Å². The van der Waals surface area contributed by atoms with Gasteiger partial charge >= 0.3 is 13.6 Å². The highest BCUT2D eigenvalue weighted by atomic mass is 16.6. The summed E-state index contributed by atoms with van der Waals surface area (Å²) in [6.07, 6.45) is 2.42. The third kappa shape index (κ3) is 5.65. The minimum atomic E-state index is -0.693. The lowest BCUT2D eigenvalue weighted by molar-refractivity contribution is -0.0897. The smallest absolute Gasteiger partial charge is 0.410 e. The number of hydrogen-bond acceptors (Lipinski definition) is 3. The van der Waals surface area contributed by atoms with Crippen molar-refractivity contribution in [3.05, 3.63) is 11.5 Å². The van der Waals surface area contributed by atoms with Gasteiger partial charge in [-0.15, -0.1) is 0 Å². The van der Waals surface area contributed by atoms with Crippen LogP contribution in [0.25, 0.3) is 0 Å². The van der Waals surface area contributed by atoms with Crippen LogP contribution in [0.2, 0.25) is 0 Å². The van der Waals surface area contributed by atoms with Gasteiger partial charge in [-0.05, 0) is 41.0 Å². The van der Waals surface area contributed by atoms with Crippen LogP contribution >= 0.6 is 0 Å². The van der Waals surface area contributed by atoms with Crippen LogP contribution in [-0.2, 0) is 9.39 Å². The summed E-state index contributed by atoms with van der Waals surface area (Å²) in [6, 6.07) is 0. The summed E-state index contributed by atoms with van der Waals surface area (Å²) in [7, 11) is 1.72. The molecule has 0 unspecified atom stereocenters. The average Bonchev–Trinajstić information content (AvgIpc) is 2.33. The van der Waals surface area contributed by atoms with E-state index in [9.17, 15) is 4.79 Å². The number of carbonyl (C=O) groups excluding carboxylic acids is 1. The number of rotatable bonds is 4. The van der Waals surface area contributed by atoms with Gasteiger partial charge in [0.2, 0.25) is 0 Å². The van der Waals surface area contributed by atoms with E-state index in [1.165, 1.54) is 0 Å². The molecule has 0 bridgehead atoms. The van der Waals surface area contributed by atoms with Crippen molar-refractivity contribution in [2.75, 3.05) is 13.1 Å². The van der Waals surface area contributed by atoms with Gasteiger partial charge in [0.25, 0.3) is 0 Å². The normalized spacial score (nSPS) is 17.1. The molecule has 0 saturated heterocycles. The Kier molecular flexibility index (Phi) is 5.74. The zero-order valence-corrected chi connectivity index (χ0v) is 14.9. The zero-order chi connectivity index (χ0) is 17.2. The van der Waals surface area contributed by atoms with Crippen molar-refractivity contribution >= 4 is 13.6 Å². The van der Waals surface area contributed by atoms with Crippen molar-refractivity contribution in [2.45, 2.75) is 71.7 Å². The molecule has 0 fully saturated rings. The fraction of sp³-hybridized carbons (Fsp3) is 0.812. The standard InChI is InChI=1S/C16H29BNO4/c1-14(2,3)21-13(19)18-10-8-12(9-11-18)17-22-16(6,7)15(4,5)20/h8,20H,9-11H2,1-7H3/p+1. The van der Waals surface area contributed by atoms with Gasteiger partial charge in [0.15, 0.2) is 5.60 Å². The summed E-state index contributed by atoms with van der Waals surface area (Å²) < 4.78 is 11.2. The van der Waals surface area contributed by atoms with Crippen molar-refractivity contribution in [1.82, 2.24) is 4.90 Å². The van der Waals surface area contributed by atoms with Crippen LogP contribution in [0.4, 0.5) is 4.79 Å². The molecule has 0 aliphatic carbocycles. The first-order valence-electron chi connectivity index (χ1n) is 7.75. The molecule has 6 heteroatoms. The van der Waals surface area contributed by atoms with E-state index in [4.69, 9.17) is 14.5 Å². The van der Waals surface area contributed by atoms with Crippen LogP contribution in [0.15, 0.2) is 11.5 Å². The van der Waals surface area contributed by atoms with E-state index in [1.54, 1.807) is 12.4 Å². The fourth-order valence-electron chi connectivity index (χ4n) is 1.65. The molecule has 125 valence electrons. The highest BCUT2D eigenvalue weighted by molar-refractivity contribution is 6.38. The van der Waals surface area contributed by atoms with E-state index < -0.39 is 16.8 Å². The molecular weight excluding hydrogens is 281 g/mol. The SMILES string of the molecule is CC(C)(C)OC(=O)N1CC=C([B]OC(C)(C)C(C)(C)[OH2+])CC1. The Morgan fingerprint density at radius 2 is 1.82 bits per heavy atom. The van der Waals surface area contributed by atoms with E-state index >= 15 is 0 Å². The first-order valence-corrected chi connectivity index (χ1v) is 7.75. The molecule has 0 atom stereocenters. The van der Waals surface area contributed by atoms with Crippen LogP contribution in [0.5, 0.6) is 0 Å². The Labute approximate surface area is 134 Å². The lowest BCUT2D eigenvalue weighted by atomic mass is 9.79. The number of nitrogens with zero attached hydrogens (tertiary/aromatic N) is 1. The summed E-state index contributed by atoms with van der Waals surface area (Å²) >= 11 is 0. The topological polar surface area (TPSA) is 61.7 Å². The fourth-order valence-corrected chi connectivity index (χ4v) is 1.65. The summed E-state index contributed by atoms with van der Waals surface area (Å²) in [5.41, 5.74) is -0.686. The van der Waals surface area contributed by atoms with Gasteiger partial charge in [-0.1, -0.05) is 11.5 Å². The maximum Gasteiger partial charge on any atom is 0.410 e. The van der Waals surface area contributed by atoms with E-state index in [-0.39, 0.29) is 6.09 Å². The molecule has 1 aliphatic rings. The maximum absolute atomic E-state index is 12.0. The van der Waals surface area contributed by atoms with Gasteiger partial charge in [0.1, 0.15) is 11.2 Å². The lowest BCUT2D eigenvalue weighted by Gasteiger charge is -2.34. The summed E-state index contributed by atoms with van der Waals surface area (Å²) in [5, 5.41) is 8.09. The largest absolute Gasteiger partial charge is 0.444 e. The molecule has 0 spiro atoms. The first kappa shape index (κ1) is 19.0. The molecule has 0 aromatic heterocycles. The van der Waals surface area contributed by atoms with Crippen LogP contribution in [0.1, 0.15) is 54.9 Å². The molecule has 5 nitrogen and oxygen atoms in total. The molecular formula is C16H30BNO4+. The number of ether oxygens (including phenoxy) is 1. The second-order valence-electron chi connectivity index (χ2n) is 7.83. The third-order valence-corrected chi connectivity index (χ3v) is 3.91. The summed E-state index contributed by atoms with van der Waals surface area (Å²) in [4.78, 5) is 13.7. The van der Waals surface area contributed by atoms with Gasteiger partial charge in [-0.3, -0.25) is 0 Å². The van der Waals surface area contributed by atoms with Gasteiger partial charge in [0, 0.05) is 26.9 Å². The van der Waals surface area contributed by atoms with Crippen molar-refractivity contribution in [1.29, 1.82) is 0 Å². The number of hydrogen-bond donors (Lipinski definition) is 0. The quantitative estimate of drug-likeness (QED) is 0.592. The molecule has 0 aromatic rings. The predicted octanol–water partition coefficient (Wildman–Crippen LogP) is 2.43. The molecule has 2 N–H and O–H groups in total. The number of amides is 1. The van der Waals surface area contributed by atoms with Crippen molar-refractivity contribution in [3.8, 4) is 0 Å². The highest BCUT2D eigenvalue weighted by Crippen LogP contribution is 2.25. The Morgan fingerprint density at radius 1 is 1.23 bits per heavy atom. The van der Waals surface area contributed by atoms with Gasteiger partial charge in [0.05, 0.1) is 0 Å². The Morgan fingerprint density at radius 3 is 2.23 bits per heavy atom. The van der Waals surface area contributed by atoms with Gasteiger partial charge in [-0.2, -0.15) is 0 Å². The number of carbonyl (C=O) groups is 1. The molecule has 1 rings (SSSR count). The molecule has 22 heavy (non-hydrogen) atoms. The van der Waals surface area contributed by atoms with E-state index in [2.05, 4.69) is 0 Å². The molecule has 0 saturated carbocycles. The maximum atomic E-state index is 12.0. The highest BCUT2D eigenvalue weighted by Gasteiger charge is 2.40. The van der Waals surface area contributed by atoms with E-state index in [0.29, 0.717) is 13.1 Å². The second kappa shape index (κ2) is 6.63. The van der Waals surface area contributed by atoms with E-state index in [1.807, 2.05) is 54.5 Å². The molecule has 0 aromatic carbocycles. The van der Waals surface area contributed by atoms with Crippen LogP contribution in [-0.4, -0.2) is 53.5 Å². The average molecular weight is 311 g/mol. The third-order valence-electron chi connectivity index (χ3n) is 3.91. The van der Waals surface area contributed by atoms with Crippen LogP contribution < -0.4 is 0 Å². The zero-order valence-electron chi connectivity index (χ0n) is 14.9. The molecule has 1 radical (unpaired) electrons. The van der Waals surface area contributed by atoms with Gasteiger partial charge < -0.3 is 19.4 Å². The first-order chi connectivity index (χ1) is 9.82. The Hall–Kier alpha value is -1.01.